The highest BCUT2D eigenvalue weighted by atomic mass is 35.5. The molecule has 0 heterocycles. The Labute approximate surface area is 124 Å². The Morgan fingerprint density at radius 1 is 1.05 bits per heavy atom. The van der Waals surface area contributed by atoms with E-state index in [9.17, 15) is 5.11 Å². The van der Waals surface area contributed by atoms with E-state index in [1.165, 1.54) is 0 Å². The highest BCUT2D eigenvalue weighted by molar-refractivity contribution is 6.30. The number of nitrogens with two attached hydrogens (primary N) is 1. The minimum atomic E-state index is -0.620. The van der Waals surface area contributed by atoms with E-state index in [-0.39, 0.29) is 12.4 Å². The van der Waals surface area contributed by atoms with Crippen LogP contribution in [0, 0.1) is 0 Å². The van der Waals surface area contributed by atoms with Crippen molar-refractivity contribution < 1.29 is 5.11 Å². The third-order valence-electron chi connectivity index (χ3n) is 2.94. The van der Waals surface area contributed by atoms with E-state index in [2.05, 4.69) is 0 Å². The van der Waals surface area contributed by atoms with E-state index in [1.807, 2.05) is 42.5 Å². The van der Waals surface area contributed by atoms with Crippen LogP contribution in [0.3, 0.4) is 0 Å². The molecule has 2 aromatic rings. The van der Waals surface area contributed by atoms with Crippen LogP contribution < -0.4 is 5.73 Å². The van der Waals surface area contributed by atoms with Crippen LogP contribution in [-0.2, 0) is 6.42 Å². The monoisotopic (exact) mass is 297 g/mol. The summed E-state index contributed by atoms with van der Waals surface area (Å²) in [5.74, 6) is 0. The molecule has 0 aliphatic heterocycles. The predicted octanol–water partition coefficient (Wildman–Crippen LogP) is 3.37. The molecule has 0 bridgehead atoms. The maximum absolute atomic E-state index is 10.1. The minimum Gasteiger partial charge on any atom is -0.391 e. The van der Waals surface area contributed by atoms with Crippen LogP contribution in [0.15, 0.2) is 54.6 Å². The summed E-state index contributed by atoms with van der Waals surface area (Å²) in [6.45, 7) is 0. The molecule has 0 radical (unpaired) electrons. The van der Waals surface area contributed by atoms with Gasteiger partial charge in [-0.05, 0) is 23.3 Å². The lowest BCUT2D eigenvalue weighted by atomic mass is 9.97. The molecule has 0 aliphatic carbocycles. The average Bonchev–Trinajstić information content (AvgIpc) is 2.39. The zero-order chi connectivity index (χ0) is 13.0. The molecule has 3 N–H and O–H groups in total. The fourth-order valence-electron chi connectivity index (χ4n) is 1.92. The molecular formula is C15H17Cl2NO. The van der Waals surface area contributed by atoms with Crippen LogP contribution >= 0.6 is 24.0 Å². The fraction of sp³-hybridized carbons (Fsp3) is 0.200. The quantitative estimate of drug-likeness (QED) is 0.909. The van der Waals surface area contributed by atoms with Gasteiger partial charge in [-0.15, -0.1) is 12.4 Å². The average molecular weight is 298 g/mol. The molecular weight excluding hydrogens is 281 g/mol. The number of halogens is 2. The van der Waals surface area contributed by atoms with Crippen molar-refractivity contribution in [1.29, 1.82) is 0 Å². The van der Waals surface area contributed by atoms with Crippen molar-refractivity contribution in [2.45, 2.75) is 18.6 Å². The summed E-state index contributed by atoms with van der Waals surface area (Å²) in [5, 5.41) is 10.8. The van der Waals surface area contributed by atoms with Crippen LogP contribution in [0.25, 0.3) is 0 Å². The molecule has 4 heteroatoms. The van der Waals surface area contributed by atoms with E-state index in [1.54, 1.807) is 12.1 Å². The van der Waals surface area contributed by atoms with E-state index < -0.39 is 12.1 Å². The van der Waals surface area contributed by atoms with Crippen molar-refractivity contribution in [3.05, 3.63) is 70.7 Å². The molecule has 19 heavy (non-hydrogen) atoms. The Balaban J connectivity index is 0.00000180. The van der Waals surface area contributed by atoms with Gasteiger partial charge in [0.05, 0.1) is 12.1 Å². The summed E-state index contributed by atoms with van der Waals surface area (Å²) in [5.41, 5.74) is 7.97. The third-order valence-corrected chi connectivity index (χ3v) is 3.17. The van der Waals surface area contributed by atoms with Crippen molar-refractivity contribution in [3.63, 3.8) is 0 Å². The second-order valence-corrected chi connectivity index (χ2v) is 4.77. The summed E-state index contributed by atoms with van der Waals surface area (Å²) >= 11 is 5.92. The number of hydrogen-bond acceptors (Lipinski definition) is 2. The van der Waals surface area contributed by atoms with Crippen LogP contribution in [0.1, 0.15) is 17.2 Å². The smallest absolute Gasteiger partial charge is 0.0773 e. The van der Waals surface area contributed by atoms with Crippen molar-refractivity contribution in [3.8, 4) is 0 Å². The largest absolute Gasteiger partial charge is 0.391 e. The fourth-order valence-corrected chi connectivity index (χ4v) is 2.12. The lowest BCUT2D eigenvalue weighted by Crippen LogP contribution is -2.28. The van der Waals surface area contributed by atoms with E-state index >= 15 is 0 Å². The zero-order valence-electron chi connectivity index (χ0n) is 10.4. The molecule has 2 atom stereocenters. The van der Waals surface area contributed by atoms with Crippen LogP contribution in [0.4, 0.5) is 0 Å². The van der Waals surface area contributed by atoms with Crippen molar-refractivity contribution in [2.75, 3.05) is 0 Å². The highest BCUT2D eigenvalue weighted by Crippen LogP contribution is 2.20. The maximum atomic E-state index is 10.1. The Kier molecular flexibility index (Phi) is 6.32. The summed E-state index contributed by atoms with van der Waals surface area (Å²) in [7, 11) is 0. The zero-order valence-corrected chi connectivity index (χ0v) is 11.9. The molecule has 0 saturated carbocycles. The summed E-state index contributed by atoms with van der Waals surface area (Å²) in [6.07, 6.45) is -0.0833. The first kappa shape index (κ1) is 16.0. The molecule has 0 aliphatic rings. The van der Waals surface area contributed by atoms with E-state index in [4.69, 9.17) is 17.3 Å². The highest BCUT2D eigenvalue weighted by Gasteiger charge is 2.17. The molecule has 0 spiro atoms. The van der Waals surface area contributed by atoms with Gasteiger partial charge in [0, 0.05) is 11.4 Å². The van der Waals surface area contributed by atoms with Gasteiger partial charge in [0.15, 0.2) is 0 Å². The summed E-state index contributed by atoms with van der Waals surface area (Å²) in [6, 6.07) is 16.7. The second kappa shape index (κ2) is 7.51. The second-order valence-electron chi connectivity index (χ2n) is 4.34. The van der Waals surface area contributed by atoms with Crippen LogP contribution in [0.2, 0.25) is 5.02 Å². The van der Waals surface area contributed by atoms with Gasteiger partial charge in [0.1, 0.15) is 0 Å². The molecule has 0 fully saturated rings. The van der Waals surface area contributed by atoms with E-state index in [0.29, 0.717) is 11.4 Å². The standard InChI is InChI=1S/C15H16ClNO.ClH/c16-13-8-4-7-12(10-13)15(17)14(18)9-11-5-2-1-3-6-11;/h1-8,10,14-15,18H,9,17H2;1H/t14-,15+;/m1./s1. The summed E-state index contributed by atoms with van der Waals surface area (Å²) < 4.78 is 0. The number of aliphatic hydroxyl groups excluding tert-OH is 1. The van der Waals surface area contributed by atoms with Crippen molar-refractivity contribution in [1.82, 2.24) is 0 Å². The Morgan fingerprint density at radius 2 is 1.74 bits per heavy atom. The van der Waals surface area contributed by atoms with Gasteiger partial charge in [-0.25, -0.2) is 0 Å². The van der Waals surface area contributed by atoms with Crippen LogP contribution in [-0.4, -0.2) is 11.2 Å². The molecule has 0 amide bonds. The van der Waals surface area contributed by atoms with Crippen molar-refractivity contribution >= 4 is 24.0 Å². The first-order valence-corrected chi connectivity index (χ1v) is 6.27. The van der Waals surface area contributed by atoms with Gasteiger partial charge in [0.2, 0.25) is 0 Å². The first-order valence-electron chi connectivity index (χ1n) is 5.90. The van der Waals surface area contributed by atoms with E-state index in [0.717, 1.165) is 11.1 Å². The van der Waals surface area contributed by atoms with Crippen LogP contribution in [0.5, 0.6) is 0 Å². The third kappa shape index (κ3) is 4.51. The molecule has 0 unspecified atom stereocenters. The molecule has 2 aromatic carbocycles. The van der Waals surface area contributed by atoms with Crippen molar-refractivity contribution in [2.24, 2.45) is 5.73 Å². The number of benzene rings is 2. The number of rotatable bonds is 4. The Hall–Kier alpha value is -1.06. The SMILES string of the molecule is Cl.N[C@@H](c1cccc(Cl)c1)[C@H](O)Cc1ccccc1. The molecule has 0 saturated heterocycles. The summed E-state index contributed by atoms with van der Waals surface area (Å²) in [4.78, 5) is 0. The first-order chi connectivity index (χ1) is 8.66. The molecule has 2 rings (SSSR count). The predicted molar refractivity (Wildman–Crippen MR) is 81.8 cm³/mol. The van der Waals surface area contributed by atoms with Gasteiger partial charge in [-0.1, -0.05) is 54.1 Å². The lowest BCUT2D eigenvalue weighted by molar-refractivity contribution is 0.145. The van der Waals surface area contributed by atoms with Gasteiger partial charge < -0.3 is 10.8 Å². The van der Waals surface area contributed by atoms with Gasteiger partial charge in [-0.2, -0.15) is 0 Å². The topological polar surface area (TPSA) is 46.2 Å². The Bertz CT molecular complexity index is 505. The molecule has 102 valence electrons. The van der Waals surface area contributed by atoms with Gasteiger partial charge in [0.25, 0.3) is 0 Å². The molecule has 0 aromatic heterocycles. The normalized spacial score (nSPS) is 13.4. The maximum Gasteiger partial charge on any atom is 0.0773 e. The van der Waals surface area contributed by atoms with Gasteiger partial charge >= 0.3 is 0 Å². The Morgan fingerprint density at radius 3 is 2.37 bits per heavy atom. The molecule has 2 nitrogen and oxygen atoms in total. The minimum absolute atomic E-state index is 0. The van der Waals surface area contributed by atoms with Gasteiger partial charge in [-0.3, -0.25) is 0 Å². The lowest BCUT2D eigenvalue weighted by Gasteiger charge is -2.19. The number of hydrogen-bond donors (Lipinski definition) is 2. The number of aliphatic hydroxyl groups is 1.